The fourth-order valence-electron chi connectivity index (χ4n) is 5.16. The Labute approximate surface area is 117 Å². The smallest absolute Gasteiger partial charge is 0.195 e. The van der Waals surface area contributed by atoms with Crippen LogP contribution in [0.4, 0.5) is 0 Å². The fraction of sp³-hybridized carbons (Fsp3) is 0.786. The summed E-state index contributed by atoms with van der Waals surface area (Å²) < 4.78 is 2.90. The van der Waals surface area contributed by atoms with Gasteiger partial charge >= 0.3 is 0 Å². The Balaban J connectivity index is 1.75. The van der Waals surface area contributed by atoms with Gasteiger partial charge in [-0.15, -0.1) is 0 Å². The van der Waals surface area contributed by atoms with Crippen LogP contribution in [0.15, 0.2) is 0 Å². The van der Waals surface area contributed by atoms with E-state index in [1.54, 1.807) is 0 Å². The SMILES string of the molecule is N#CCc1n[nH]c(=S)n1C1C2CC3CC(C2)CC1C3. The summed E-state index contributed by atoms with van der Waals surface area (Å²) in [5.41, 5.74) is 0. The minimum atomic E-state index is 0.357. The summed E-state index contributed by atoms with van der Waals surface area (Å²) >= 11 is 5.42. The minimum absolute atomic E-state index is 0.357. The molecule has 4 fully saturated rings. The second-order valence-corrected chi connectivity index (χ2v) is 6.96. The number of rotatable bonds is 2. The molecule has 4 bridgehead atoms. The van der Waals surface area contributed by atoms with E-state index in [0.717, 1.165) is 29.5 Å². The number of aromatic amines is 1. The van der Waals surface area contributed by atoms with Crippen molar-refractivity contribution < 1.29 is 0 Å². The van der Waals surface area contributed by atoms with Gasteiger partial charge in [-0.3, -0.25) is 9.67 Å². The molecule has 0 saturated heterocycles. The molecule has 1 heterocycles. The van der Waals surface area contributed by atoms with E-state index in [4.69, 9.17) is 17.5 Å². The lowest BCUT2D eigenvalue weighted by Crippen LogP contribution is -2.46. The molecule has 0 aliphatic heterocycles. The van der Waals surface area contributed by atoms with Crippen LogP contribution in [0.2, 0.25) is 0 Å². The molecule has 4 aliphatic carbocycles. The van der Waals surface area contributed by atoms with E-state index in [9.17, 15) is 0 Å². The quantitative estimate of drug-likeness (QED) is 0.843. The summed E-state index contributed by atoms with van der Waals surface area (Å²) in [6.45, 7) is 0. The van der Waals surface area contributed by atoms with Gasteiger partial charge in [0.05, 0.1) is 12.5 Å². The maximum Gasteiger partial charge on any atom is 0.195 e. The third kappa shape index (κ3) is 1.69. The van der Waals surface area contributed by atoms with Crippen molar-refractivity contribution >= 4 is 12.2 Å². The predicted molar refractivity (Wildman–Crippen MR) is 72.8 cm³/mol. The summed E-state index contributed by atoms with van der Waals surface area (Å²) in [5, 5.41) is 16.1. The zero-order valence-corrected chi connectivity index (χ0v) is 11.7. The van der Waals surface area contributed by atoms with Crippen LogP contribution in [0.1, 0.15) is 44.0 Å². The molecule has 0 atom stereocenters. The maximum absolute atomic E-state index is 8.95. The highest BCUT2D eigenvalue weighted by Gasteiger charge is 2.49. The van der Waals surface area contributed by atoms with Gasteiger partial charge in [-0.25, -0.2) is 0 Å². The first-order chi connectivity index (χ1) is 9.26. The third-order valence-electron chi connectivity index (χ3n) is 5.49. The highest BCUT2D eigenvalue weighted by molar-refractivity contribution is 7.71. The van der Waals surface area contributed by atoms with E-state index in [1.165, 1.54) is 32.1 Å². The Morgan fingerprint density at radius 3 is 2.42 bits per heavy atom. The Kier molecular flexibility index (Phi) is 2.56. The molecule has 0 unspecified atom stereocenters. The Bertz CT molecular complexity index is 565. The third-order valence-corrected chi connectivity index (χ3v) is 5.78. The second-order valence-electron chi connectivity index (χ2n) is 6.57. The second kappa shape index (κ2) is 4.17. The van der Waals surface area contributed by atoms with Crippen LogP contribution in [0, 0.1) is 39.8 Å². The average Bonchev–Trinajstić information content (AvgIpc) is 2.71. The number of aromatic nitrogens is 3. The van der Waals surface area contributed by atoms with Crippen molar-refractivity contribution in [3.05, 3.63) is 10.6 Å². The fourth-order valence-corrected chi connectivity index (χ4v) is 5.43. The van der Waals surface area contributed by atoms with Gasteiger partial charge in [0, 0.05) is 6.04 Å². The highest BCUT2D eigenvalue weighted by Crippen LogP contribution is 2.58. The maximum atomic E-state index is 8.95. The lowest BCUT2D eigenvalue weighted by Gasteiger charge is -2.54. The van der Waals surface area contributed by atoms with Gasteiger partial charge in [0.15, 0.2) is 4.77 Å². The van der Waals surface area contributed by atoms with Gasteiger partial charge in [0.2, 0.25) is 0 Å². The van der Waals surface area contributed by atoms with Crippen molar-refractivity contribution in [3.63, 3.8) is 0 Å². The van der Waals surface area contributed by atoms with Crippen LogP contribution in [0.5, 0.6) is 0 Å². The number of nitriles is 1. The first-order valence-electron chi connectivity index (χ1n) is 7.29. The molecular weight excluding hydrogens is 256 g/mol. The van der Waals surface area contributed by atoms with E-state index in [2.05, 4.69) is 20.8 Å². The number of nitrogens with one attached hydrogen (secondary N) is 1. The summed E-state index contributed by atoms with van der Waals surface area (Å²) in [6, 6.07) is 2.71. The minimum Gasteiger partial charge on any atom is -0.300 e. The van der Waals surface area contributed by atoms with Gasteiger partial charge in [0.1, 0.15) is 5.82 Å². The average molecular weight is 274 g/mol. The van der Waals surface area contributed by atoms with E-state index in [-0.39, 0.29) is 0 Å². The molecule has 4 saturated carbocycles. The molecule has 100 valence electrons. The van der Waals surface area contributed by atoms with Gasteiger partial charge in [-0.1, -0.05) is 0 Å². The lowest BCUT2D eigenvalue weighted by atomic mass is 9.54. The van der Waals surface area contributed by atoms with Crippen molar-refractivity contribution in [3.8, 4) is 6.07 Å². The van der Waals surface area contributed by atoms with Gasteiger partial charge in [-0.05, 0) is 68.0 Å². The molecule has 4 aliphatic rings. The topological polar surface area (TPSA) is 57.4 Å². The molecule has 5 heteroatoms. The summed E-state index contributed by atoms with van der Waals surface area (Å²) in [7, 11) is 0. The largest absolute Gasteiger partial charge is 0.300 e. The number of H-pyrrole nitrogens is 1. The van der Waals surface area contributed by atoms with Crippen LogP contribution in [0.25, 0.3) is 0 Å². The van der Waals surface area contributed by atoms with E-state index < -0.39 is 0 Å². The molecule has 0 radical (unpaired) electrons. The Hall–Kier alpha value is -1.15. The number of hydrogen-bond acceptors (Lipinski definition) is 3. The van der Waals surface area contributed by atoms with Gasteiger partial charge in [-0.2, -0.15) is 10.4 Å². The standard InChI is InChI=1S/C14H18N4S/c15-2-1-12-16-17-14(19)18(12)13-10-4-8-3-9(6-10)7-11(13)5-8/h8-11,13H,1,3-7H2,(H,17,19). The highest BCUT2D eigenvalue weighted by atomic mass is 32.1. The van der Waals surface area contributed by atoms with Crippen LogP contribution in [-0.2, 0) is 6.42 Å². The first-order valence-corrected chi connectivity index (χ1v) is 7.69. The van der Waals surface area contributed by atoms with Crippen molar-refractivity contribution in [2.24, 2.45) is 23.7 Å². The number of hydrogen-bond donors (Lipinski definition) is 1. The Morgan fingerprint density at radius 2 is 1.84 bits per heavy atom. The van der Waals surface area contributed by atoms with Gasteiger partial charge in [0.25, 0.3) is 0 Å². The summed E-state index contributed by atoms with van der Waals surface area (Å²) in [6.07, 6.45) is 7.25. The molecule has 19 heavy (non-hydrogen) atoms. The predicted octanol–water partition coefficient (Wildman–Crippen LogP) is 3.00. The van der Waals surface area contributed by atoms with Crippen molar-refractivity contribution in [2.75, 3.05) is 0 Å². The monoisotopic (exact) mass is 274 g/mol. The van der Waals surface area contributed by atoms with Crippen molar-refractivity contribution in [1.29, 1.82) is 5.26 Å². The van der Waals surface area contributed by atoms with E-state index >= 15 is 0 Å². The molecule has 4 nitrogen and oxygen atoms in total. The van der Waals surface area contributed by atoms with Crippen LogP contribution >= 0.6 is 12.2 Å². The molecular formula is C14H18N4S. The summed E-state index contributed by atoms with van der Waals surface area (Å²) in [5.74, 6) is 4.28. The van der Waals surface area contributed by atoms with Gasteiger partial charge < -0.3 is 0 Å². The van der Waals surface area contributed by atoms with Crippen molar-refractivity contribution in [2.45, 2.75) is 44.6 Å². The lowest BCUT2D eigenvalue weighted by molar-refractivity contribution is -0.0305. The zero-order chi connectivity index (χ0) is 13.0. The molecule has 0 amide bonds. The molecule has 0 spiro atoms. The van der Waals surface area contributed by atoms with E-state index in [0.29, 0.717) is 17.2 Å². The Morgan fingerprint density at radius 1 is 1.21 bits per heavy atom. The van der Waals surface area contributed by atoms with Crippen molar-refractivity contribution in [1.82, 2.24) is 14.8 Å². The van der Waals surface area contributed by atoms with E-state index in [1.807, 2.05) is 0 Å². The van der Waals surface area contributed by atoms with Crippen LogP contribution in [0.3, 0.4) is 0 Å². The normalized spacial score (nSPS) is 39.4. The zero-order valence-electron chi connectivity index (χ0n) is 10.9. The van der Waals surface area contributed by atoms with Crippen LogP contribution in [-0.4, -0.2) is 14.8 Å². The molecule has 5 rings (SSSR count). The molecule has 1 aromatic heterocycles. The number of nitrogens with zero attached hydrogens (tertiary/aromatic N) is 3. The first kappa shape index (κ1) is 11.7. The molecule has 1 N–H and O–H groups in total. The van der Waals surface area contributed by atoms with Crippen LogP contribution < -0.4 is 0 Å². The molecule has 1 aromatic rings. The molecule has 0 aromatic carbocycles. The summed E-state index contributed by atoms with van der Waals surface area (Å²) in [4.78, 5) is 0.